The number of hydrogen-bond acceptors (Lipinski definition) is 3. The van der Waals surface area contributed by atoms with Crippen molar-refractivity contribution in [2.45, 2.75) is 32.2 Å². The second kappa shape index (κ2) is 6.82. The minimum Gasteiger partial charge on any atom is -0.354 e. The topological polar surface area (TPSA) is 76.0 Å². The van der Waals surface area contributed by atoms with Crippen LogP contribution in [0.15, 0.2) is 30.5 Å². The monoisotopic (exact) mass is 330 g/mol. The standard InChI is InChI=1S/C17H19FN4O2/c1-11-12(10-20-22(11)15-8-3-2-6-13(15)18)16(23)21-14-7-4-5-9-19-17(14)24/h2-3,6,8,10,14H,4-5,7,9H2,1H3,(H,19,24)(H,21,23)/t14-/m0/s1. The minimum absolute atomic E-state index is 0.167. The molecular formula is C17H19FN4O2. The molecule has 2 N–H and O–H groups in total. The molecule has 1 aromatic heterocycles. The molecule has 1 fully saturated rings. The largest absolute Gasteiger partial charge is 0.354 e. The number of amides is 2. The summed E-state index contributed by atoms with van der Waals surface area (Å²) in [6, 6.07) is 5.68. The smallest absolute Gasteiger partial charge is 0.255 e. The molecule has 1 atom stereocenters. The number of aromatic nitrogens is 2. The summed E-state index contributed by atoms with van der Waals surface area (Å²) < 4.78 is 15.3. The molecular weight excluding hydrogens is 311 g/mol. The summed E-state index contributed by atoms with van der Waals surface area (Å²) in [5, 5.41) is 9.64. The third-order valence-corrected chi connectivity index (χ3v) is 4.18. The molecule has 0 unspecified atom stereocenters. The highest BCUT2D eigenvalue weighted by molar-refractivity contribution is 5.98. The van der Waals surface area contributed by atoms with Crippen molar-refractivity contribution in [2.24, 2.45) is 0 Å². The zero-order valence-electron chi connectivity index (χ0n) is 13.4. The fraction of sp³-hybridized carbons (Fsp3) is 0.353. The first-order valence-corrected chi connectivity index (χ1v) is 7.96. The van der Waals surface area contributed by atoms with Crippen LogP contribution in [0.3, 0.4) is 0 Å². The van der Waals surface area contributed by atoms with Gasteiger partial charge in [0, 0.05) is 6.54 Å². The number of benzene rings is 1. The number of carbonyl (C=O) groups is 2. The Hall–Kier alpha value is -2.70. The molecule has 0 bridgehead atoms. The lowest BCUT2D eigenvalue weighted by Crippen LogP contribution is -2.45. The summed E-state index contributed by atoms with van der Waals surface area (Å²) in [5.74, 6) is -0.962. The van der Waals surface area contributed by atoms with Crippen molar-refractivity contribution in [3.63, 3.8) is 0 Å². The first-order chi connectivity index (χ1) is 11.6. The van der Waals surface area contributed by atoms with Crippen LogP contribution in [0.2, 0.25) is 0 Å². The highest BCUT2D eigenvalue weighted by Crippen LogP contribution is 2.17. The van der Waals surface area contributed by atoms with E-state index in [9.17, 15) is 14.0 Å². The van der Waals surface area contributed by atoms with Crippen LogP contribution >= 0.6 is 0 Å². The van der Waals surface area contributed by atoms with Crippen LogP contribution in [0, 0.1) is 12.7 Å². The Morgan fingerprint density at radius 3 is 2.96 bits per heavy atom. The molecule has 1 aliphatic heterocycles. The summed E-state index contributed by atoms with van der Waals surface area (Å²) in [5.41, 5.74) is 1.13. The van der Waals surface area contributed by atoms with Gasteiger partial charge in [-0.25, -0.2) is 9.07 Å². The van der Waals surface area contributed by atoms with E-state index >= 15 is 0 Å². The molecule has 1 saturated heterocycles. The van der Waals surface area contributed by atoms with Crippen molar-refractivity contribution in [3.05, 3.63) is 47.5 Å². The van der Waals surface area contributed by atoms with Crippen LogP contribution < -0.4 is 10.6 Å². The Morgan fingerprint density at radius 2 is 2.17 bits per heavy atom. The van der Waals surface area contributed by atoms with Gasteiger partial charge < -0.3 is 10.6 Å². The van der Waals surface area contributed by atoms with Crippen LogP contribution in [0.4, 0.5) is 4.39 Å². The maximum absolute atomic E-state index is 13.9. The van der Waals surface area contributed by atoms with Gasteiger partial charge in [0.25, 0.3) is 5.91 Å². The molecule has 3 rings (SSSR count). The fourth-order valence-electron chi connectivity index (χ4n) is 2.81. The van der Waals surface area contributed by atoms with E-state index in [1.54, 1.807) is 25.1 Å². The van der Waals surface area contributed by atoms with Gasteiger partial charge >= 0.3 is 0 Å². The third kappa shape index (κ3) is 3.15. The lowest BCUT2D eigenvalue weighted by molar-refractivity contribution is -0.122. The van der Waals surface area contributed by atoms with Crippen molar-refractivity contribution in [1.29, 1.82) is 0 Å². The van der Waals surface area contributed by atoms with Gasteiger partial charge in [0.05, 0.1) is 17.5 Å². The lowest BCUT2D eigenvalue weighted by Gasteiger charge is -2.15. The van der Waals surface area contributed by atoms with Gasteiger partial charge in [-0.05, 0) is 38.3 Å². The van der Waals surface area contributed by atoms with Crippen LogP contribution in [-0.2, 0) is 4.79 Å². The zero-order chi connectivity index (χ0) is 17.1. The Balaban J connectivity index is 1.81. The molecule has 1 aliphatic rings. The van der Waals surface area contributed by atoms with E-state index in [1.165, 1.54) is 16.9 Å². The Bertz CT molecular complexity index is 772. The average molecular weight is 330 g/mol. The summed E-state index contributed by atoms with van der Waals surface area (Å²) in [4.78, 5) is 24.4. The molecule has 0 aliphatic carbocycles. The van der Waals surface area contributed by atoms with Crippen molar-refractivity contribution in [1.82, 2.24) is 20.4 Å². The summed E-state index contributed by atoms with van der Waals surface area (Å²) in [6.45, 7) is 2.33. The van der Waals surface area contributed by atoms with Gasteiger partial charge in [-0.3, -0.25) is 9.59 Å². The minimum atomic E-state index is -0.545. The maximum Gasteiger partial charge on any atom is 0.255 e. The molecule has 0 spiro atoms. The van der Waals surface area contributed by atoms with Gasteiger partial charge in [-0.2, -0.15) is 5.10 Å². The second-order valence-corrected chi connectivity index (χ2v) is 5.82. The molecule has 6 nitrogen and oxygen atoms in total. The molecule has 0 saturated carbocycles. The van der Waals surface area contributed by atoms with Gasteiger partial charge in [-0.15, -0.1) is 0 Å². The molecule has 2 amide bonds. The Morgan fingerprint density at radius 1 is 1.38 bits per heavy atom. The van der Waals surface area contributed by atoms with Crippen LogP contribution in [0.25, 0.3) is 5.69 Å². The van der Waals surface area contributed by atoms with E-state index < -0.39 is 11.9 Å². The van der Waals surface area contributed by atoms with E-state index in [1.807, 2.05) is 0 Å². The molecule has 0 radical (unpaired) electrons. The predicted molar refractivity (Wildman–Crippen MR) is 86.4 cm³/mol. The Labute approximate surface area is 139 Å². The second-order valence-electron chi connectivity index (χ2n) is 5.82. The highest BCUT2D eigenvalue weighted by Gasteiger charge is 2.25. The van der Waals surface area contributed by atoms with Crippen molar-refractivity contribution < 1.29 is 14.0 Å². The van der Waals surface area contributed by atoms with E-state index in [0.717, 1.165) is 12.8 Å². The lowest BCUT2D eigenvalue weighted by atomic mass is 10.1. The predicted octanol–water partition coefficient (Wildman–Crippen LogP) is 1.72. The summed E-state index contributed by atoms with van der Waals surface area (Å²) >= 11 is 0. The van der Waals surface area contributed by atoms with E-state index in [2.05, 4.69) is 15.7 Å². The SMILES string of the molecule is Cc1c(C(=O)N[C@H]2CCCCNC2=O)cnn1-c1ccccc1F. The van der Waals surface area contributed by atoms with Gasteiger partial charge in [-0.1, -0.05) is 12.1 Å². The zero-order valence-corrected chi connectivity index (χ0v) is 13.4. The number of hydrogen-bond donors (Lipinski definition) is 2. The number of carbonyl (C=O) groups excluding carboxylic acids is 2. The van der Waals surface area contributed by atoms with Crippen molar-refractivity contribution in [2.75, 3.05) is 6.54 Å². The average Bonchev–Trinajstić information content (AvgIpc) is 2.83. The number of para-hydroxylation sites is 1. The molecule has 1 aromatic carbocycles. The summed E-state index contributed by atoms with van der Waals surface area (Å²) in [6.07, 6.45) is 3.78. The molecule has 7 heteroatoms. The number of rotatable bonds is 3. The quantitative estimate of drug-likeness (QED) is 0.900. The van der Waals surface area contributed by atoms with E-state index in [0.29, 0.717) is 24.2 Å². The molecule has 2 heterocycles. The highest BCUT2D eigenvalue weighted by atomic mass is 19.1. The number of nitrogens with zero attached hydrogens (tertiary/aromatic N) is 2. The van der Waals surface area contributed by atoms with Crippen LogP contribution in [0.5, 0.6) is 0 Å². The van der Waals surface area contributed by atoms with Crippen LogP contribution in [0.1, 0.15) is 35.3 Å². The third-order valence-electron chi connectivity index (χ3n) is 4.18. The van der Waals surface area contributed by atoms with Gasteiger partial charge in [0.15, 0.2) is 0 Å². The first kappa shape index (κ1) is 16.2. The first-order valence-electron chi connectivity index (χ1n) is 7.96. The number of nitrogens with one attached hydrogen (secondary N) is 2. The summed E-state index contributed by atoms with van der Waals surface area (Å²) in [7, 11) is 0. The Kier molecular flexibility index (Phi) is 4.59. The van der Waals surface area contributed by atoms with Crippen LogP contribution in [-0.4, -0.2) is 34.2 Å². The molecule has 126 valence electrons. The van der Waals surface area contributed by atoms with E-state index in [4.69, 9.17) is 0 Å². The number of halogens is 1. The van der Waals surface area contributed by atoms with Crippen molar-refractivity contribution >= 4 is 11.8 Å². The normalized spacial score (nSPS) is 17.9. The maximum atomic E-state index is 13.9. The molecule has 24 heavy (non-hydrogen) atoms. The van der Waals surface area contributed by atoms with E-state index in [-0.39, 0.29) is 17.5 Å². The van der Waals surface area contributed by atoms with Gasteiger partial charge in [0.2, 0.25) is 5.91 Å². The fourth-order valence-corrected chi connectivity index (χ4v) is 2.81. The molecule has 2 aromatic rings. The van der Waals surface area contributed by atoms with Crippen molar-refractivity contribution in [3.8, 4) is 5.69 Å². The van der Waals surface area contributed by atoms with Gasteiger partial charge in [0.1, 0.15) is 17.5 Å².